The van der Waals surface area contributed by atoms with Crippen molar-refractivity contribution in [3.05, 3.63) is 60.2 Å². The number of hydrogen-bond acceptors (Lipinski definition) is 11. The van der Waals surface area contributed by atoms with Crippen LogP contribution in [0.5, 0.6) is 0 Å². The van der Waals surface area contributed by atoms with Crippen LogP contribution in [0.3, 0.4) is 0 Å². The highest BCUT2D eigenvalue weighted by atomic mass is 19.4. The SMILES string of the molecule is CC(C)CN[C@@H]1CC[C@H](N2CC[C@H](Nc3ncnc4ccc(C(F)(F)F)cc34)C2=O)[C@H](NC(=O)CCCOCC2CCC(COCCNC(=O)[C@H]3CC(=O)N(C)[C@@H]3c3cccnc3)CC2)C1. The second-order valence-corrected chi connectivity index (χ2v) is 19.0. The molecule has 4 heterocycles. The third-order valence-electron chi connectivity index (χ3n) is 13.7. The predicted molar refractivity (Wildman–Crippen MR) is 242 cm³/mol. The molecule has 0 spiro atoms. The number of hydrogen-bond donors (Lipinski definition) is 4. The van der Waals surface area contributed by atoms with Gasteiger partial charge in [0.1, 0.15) is 18.2 Å². The molecule has 2 aliphatic heterocycles. The normalized spacial score (nSPS) is 26.0. The lowest BCUT2D eigenvalue weighted by Gasteiger charge is -2.42. The average Bonchev–Trinajstić information content (AvgIpc) is 3.81. The third kappa shape index (κ3) is 12.7. The Morgan fingerprint density at radius 2 is 1.71 bits per heavy atom. The van der Waals surface area contributed by atoms with Crippen LogP contribution in [0.2, 0.25) is 0 Å². The summed E-state index contributed by atoms with van der Waals surface area (Å²) in [6, 6.07) is 5.71. The molecule has 4 fully saturated rings. The molecule has 18 heteroatoms. The highest BCUT2D eigenvalue weighted by molar-refractivity contribution is 5.93. The fourth-order valence-electron chi connectivity index (χ4n) is 10.1. The summed E-state index contributed by atoms with van der Waals surface area (Å²) >= 11 is 0. The lowest BCUT2D eigenvalue weighted by Crippen LogP contribution is -2.58. The molecule has 6 atom stereocenters. The quantitative estimate of drug-likeness (QED) is 0.103. The van der Waals surface area contributed by atoms with Crippen molar-refractivity contribution in [2.75, 3.05) is 58.4 Å². The molecule has 2 saturated carbocycles. The molecular weight excluding hydrogens is 856 g/mol. The molecule has 4 N–H and O–H groups in total. The minimum atomic E-state index is -4.54. The van der Waals surface area contributed by atoms with Crippen LogP contribution in [-0.4, -0.2) is 126 Å². The van der Waals surface area contributed by atoms with Crippen LogP contribution in [0.25, 0.3) is 10.9 Å². The van der Waals surface area contributed by atoms with E-state index in [9.17, 15) is 32.3 Å². The number of amides is 4. The number of benzene rings is 1. The first-order valence-corrected chi connectivity index (χ1v) is 23.8. The Labute approximate surface area is 385 Å². The van der Waals surface area contributed by atoms with E-state index in [0.717, 1.165) is 56.3 Å². The summed E-state index contributed by atoms with van der Waals surface area (Å²) < 4.78 is 52.7. The largest absolute Gasteiger partial charge is 0.416 e. The van der Waals surface area contributed by atoms with Crippen LogP contribution in [0.1, 0.15) is 102 Å². The second-order valence-electron chi connectivity index (χ2n) is 19.0. The number of carbonyl (C=O) groups is 4. The van der Waals surface area contributed by atoms with Gasteiger partial charge in [-0.2, -0.15) is 13.2 Å². The standard InChI is InChI=1S/C48H66F3N9O6/c1-30(2)25-54-35-13-15-41(60-19-16-39(47(60)64)58-45-36-22-34(48(49,50)51)12-14-38(36)55-29-56-45)40(23-35)57-42(61)7-5-20-65-27-31-8-10-32(11-9-31)28-66-21-18-53-46(63)37-24-43(62)59(3)44(37)33-6-4-17-52-26-33/h4,6,12,14,17,22,26,29-32,35,37,39-41,44,54H,5,7-11,13,15-16,18-21,23-25,27-28H2,1-3H3,(H,53,63)(H,57,61)(H,55,56,58)/t31?,32?,35-,37+,39+,40-,41+,44-/m1/s1. The van der Waals surface area contributed by atoms with Gasteiger partial charge in [-0.05, 0) is 112 Å². The van der Waals surface area contributed by atoms with E-state index >= 15 is 0 Å². The molecule has 360 valence electrons. The summed E-state index contributed by atoms with van der Waals surface area (Å²) in [7, 11) is 1.73. The van der Waals surface area contributed by atoms with Gasteiger partial charge in [-0.1, -0.05) is 19.9 Å². The van der Waals surface area contributed by atoms with E-state index in [1.54, 1.807) is 24.3 Å². The summed E-state index contributed by atoms with van der Waals surface area (Å²) in [5, 5.41) is 13.2. The molecule has 0 bridgehead atoms. The second kappa shape index (κ2) is 22.7. The highest BCUT2D eigenvalue weighted by Crippen LogP contribution is 2.37. The van der Waals surface area contributed by atoms with Crippen LogP contribution >= 0.6 is 0 Å². The number of fused-ring (bicyclic) bond motifs is 1. The first-order valence-electron chi connectivity index (χ1n) is 23.8. The van der Waals surface area contributed by atoms with Gasteiger partial charge in [-0.3, -0.25) is 24.2 Å². The van der Waals surface area contributed by atoms with Gasteiger partial charge in [0.05, 0.1) is 41.7 Å². The van der Waals surface area contributed by atoms with Gasteiger partial charge in [0, 0.05) is 76.6 Å². The first kappa shape index (κ1) is 49.0. The van der Waals surface area contributed by atoms with Crippen molar-refractivity contribution in [2.24, 2.45) is 23.7 Å². The molecule has 2 saturated heterocycles. The summed E-state index contributed by atoms with van der Waals surface area (Å²) in [4.78, 5) is 68.8. The number of likely N-dealkylation sites (tertiary alicyclic amines) is 2. The third-order valence-corrected chi connectivity index (χ3v) is 13.7. The van der Waals surface area contributed by atoms with Gasteiger partial charge in [0.15, 0.2) is 0 Å². The Kier molecular flexibility index (Phi) is 16.8. The van der Waals surface area contributed by atoms with Gasteiger partial charge in [0.25, 0.3) is 0 Å². The molecule has 0 unspecified atom stereocenters. The molecule has 3 aromatic rings. The first-order chi connectivity index (χ1) is 31.7. The minimum Gasteiger partial charge on any atom is -0.381 e. The number of carbonyl (C=O) groups excluding carboxylic acids is 4. The zero-order chi connectivity index (χ0) is 46.8. The zero-order valence-electron chi connectivity index (χ0n) is 38.4. The molecule has 4 aliphatic rings. The molecule has 4 amide bonds. The van der Waals surface area contributed by atoms with E-state index in [0.29, 0.717) is 94.9 Å². The van der Waals surface area contributed by atoms with Crippen molar-refractivity contribution in [1.82, 2.24) is 40.7 Å². The van der Waals surface area contributed by atoms with Crippen LogP contribution in [0.15, 0.2) is 49.1 Å². The van der Waals surface area contributed by atoms with Gasteiger partial charge in [-0.25, -0.2) is 9.97 Å². The topological polar surface area (TPSA) is 180 Å². The van der Waals surface area contributed by atoms with E-state index in [-0.39, 0.29) is 65.4 Å². The summed E-state index contributed by atoms with van der Waals surface area (Å²) in [5.41, 5.74) is 0.376. The summed E-state index contributed by atoms with van der Waals surface area (Å²) in [5.74, 6) is 0.623. The van der Waals surface area contributed by atoms with Gasteiger partial charge in [0.2, 0.25) is 23.6 Å². The zero-order valence-corrected chi connectivity index (χ0v) is 38.4. The molecule has 1 aromatic carbocycles. The van der Waals surface area contributed by atoms with E-state index in [1.165, 1.54) is 12.4 Å². The monoisotopic (exact) mass is 922 g/mol. The molecule has 2 aliphatic carbocycles. The van der Waals surface area contributed by atoms with E-state index < -0.39 is 23.7 Å². The van der Waals surface area contributed by atoms with Gasteiger partial charge >= 0.3 is 6.18 Å². The van der Waals surface area contributed by atoms with Crippen LogP contribution in [0.4, 0.5) is 19.0 Å². The van der Waals surface area contributed by atoms with Gasteiger partial charge < -0.3 is 40.5 Å². The maximum Gasteiger partial charge on any atom is 0.416 e. The Morgan fingerprint density at radius 1 is 0.955 bits per heavy atom. The number of anilines is 1. The number of nitrogens with one attached hydrogen (secondary N) is 4. The minimum absolute atomic E-state index is 0.0576. The van der Waals surface area contributed by atoms with Crippen LogP contribution in [0, 0.1) is 23.7 Å². The van der Waals surface area contributed by atoms with Crippen LogP contribution in [-0.2, 0) is 34.8 Å². The maximum absolute atomic E-state index is 13.9. The van der Waals surface area contributed by atoms with Crippen molar-refractivity contribution in [3.63, 3.8) is 0 Å². The maximum atomic E-state index is 13.9. The molecule has 7 rings (SSSR count). The van der Waals surface area contributed by atoms with Crippen molar-refractivity contribution in [1.29, 1.82) is 0 Å². The summed E-state index contributed by atoms with van der Waals surface area (Å²) in [6.07, 6.45) is 8.01. The van der Waals surface area contributed by atoms with Crippen molar-refractivity contribution in [2.45, 2.75) is 121 Å². The Morgan fingerprint density at radius 3 is 2.42 bits per heavy atom. The highest BCUT2D eigenvalue weighted by Gasteiger charge is 2.44. The molecule has 0 radical (unpaired) electrons. The van der Waals surface area contributed by atoms with E-state index in [2.05, 4.69) is 50.1 Å². The lowest BCUT2D eigenvalue weighted by atomic mass is 9.83. The van der Waals surface area contributed by atoms with Gasteiger partial charge in [-0.15, -0.1) is 0 Å². The molecular formula is C48H66F3N9O6. The number of pyridine rings is 1. The average molecular weight is 922 g/mol. The fraction of sp³-hybridized carbons (Fsp3) is 0.646. The van der Waals surface area contributed by atoms with E-state index in [1.807, 2.05) is 17.0 Å². The molecule has 15 nitrogen and oxygen atoms in total. The number of halogens is 3. The number of alkyl halides is 3. The number of aromatic nitrogens is 3. The lowest BCUT2D eigenvalue weighted by molar-refractivity contribution is -0.137. The Bertz CT molecular complexity index is 2110. The summed E-state index contributed by atoms with van der Waals surface area (Å²) in [6.45, 7) is 8.15. The molecule has 2 aromatic heterocycles. The van der Waals surface area contributed by atoms with Crippen molar-refractivity contribution < 1.29 is 41.8 Å². The van der Waals surface area contributed by atoms with Crippen LogP contribution < -0.4 is 21.3 Å². The number of nitrogens with zero attached hydrogens (tertiary/aromatic N) is 5. The van der Waals surface area contributed by atoms with Crippen molar-refractivity contribution in [3.8, 4) is 0 Å². The Hall–Kier alpha value is -4.94. The number of ether oxygens (including phenoxy) is 2. The predicted octanol–water partition coefficient (Wildman–Crippen LogP) is 5.66. The fourth-order valence-corrected chi connectivity index (χ4v) is 10.1. The number of rotatable bonds is 20. The Balaban J connectivity index is 0.801. The van der Waals surface area contributed by atoms with Crippen molar-refractivity contribution >= 4 is 40.3 Å². The smallest absolute Gasteiger partial charge is 0.381 e. The van der Waals surface area contributed by atoms with E-state index in [4.69, 9.17) is 9.47 Å². The molecule has 66 heavy (non-hydrogen) atoms.